The van der Waals surface area contributed by atoms with Gasteiger partial charge in [0.1, 0.15) is 17.3 Å². The molecule has 0 spiro atoms. The molecule has 6 nitrogen and oxygen atoms in total. The number of rotatable bonds is 7. The standard InChI is InChI=1S/C31H31NO5/c1-3-37-26-10-6-7-20(17-26)19-32-28(22-13-15-25(36-2)16-14-22)27(30(34)31(32)35)29(33)24-12-11-21-8-4-5-9-23(21)18-24/h6-7,10-18,28,33H,3-5,8-9,19H2,1-2H3/b29-27-. The summed E-state index contributed by atoms with van der Waals surface area (Å²) in [5, 5.41) is 11.5. The normalized spacial score (nSPS) is 18.5. The summed E-state index contributed by atoms with van der Waals surface area (Å²) in [6.07, 6.45) is 4.23. The van der Waals surface area contributed by atoms with Crippen molar-refractivity contribution in [2.24, 2.45) is 0 Å². The molecule has 3 aromatic carbocycles. The molecule has 1 heterocycles. The highest BCUT2D eigenvalue weighted by molar-refractivity contribution is 6.46. The van der Waals surface area contributed by atoms with Crippen LogP contribution in [0.15, 0.2) is 72.3 Å². The van der Waals surface area contributed by atoms with E-state index in [-0.39, 0.29) is 17.9 Å². The van der Waals surface area contributed by atoms with Crippen LogP contribution >= 0.6 is 0 Å². The van der Waals surface area contributed by atoms with Crippen molar-refractivity contribution in [2.45, 2.75) is 45.2 Å². The third kappa shape index (κ3) is 4.84. The van der Waals surface area contributed by atoms with Crippen molar-refractivity contribution >= 4 is 17.4 Å². The van der Waals surface area contributed by atoms with Gasteiger partial charge >= 0.3 is 0 Å². The first-order valence-electron chi connectivity index (χ1n) is 12.8. The Bertz CT molecular complexity index is 1360. The minimum Gasteiger partial charge on any atom is -0.507 e. The molecule has 0 bridgehead atoms. The summed E-state index contributed by atoms with van der Waals surface area (Å²) in [5.41, 5.74) is 4.70. The van der Waals surface area contributed by atoms with Crippen LogP contribution in [0, 0.1) is 0 Å². The van der Waals surface area contributed by atoms with Gasteiger partial charge in [-0.15, -0.1) is 0 Å². The second-order valence-corrected chi connectivity index (χ2v) is 9.47. The van der Waals surface area contributed by atoms with Gasteiger partial charge in [0.15, 0.2) is 0 Å². The molecule has 1 unspecified atom stereocenters. The smallest absolute Gasteiger partial charge is 0.295 e. The number of likely N-dealkylation sites (tertiary alicyclic amines) is 1. The lowest BCUT2D eigenvalue weighted by Crippen LogP contribution is -2.29. The maximum absolute atomic E-state index is 13.4. The Kier molecular flexibility index (Phi) is 6.99. The molecular formula is C31H31NO5. The highest BCUT2D eigenvalue weighted by atomic mass is 16.5. The average Bonchev–Trinajstić information content (AvgIpc) is 3.17. The van der Waals surface area contributed by atoms with Crippen molar-refractivity contribution in [2.75, 3.05) is 13.7 Å². The number of benzene rings is 3. The van der Waals surface area contributed by atoms with Gasteiger partial charge in [-0.3, -0.25) is 9.59 Å². The molecule has 0 radical (unpaired) electrons. The van der Waals surface area contributed by atoms with Gasteiger partial charge in [0.2, 0.25) is 0 Å². The summed E-state index contributed by atoms with van der Waals surface area (Å²) in [4.78, 5) is 28.3. The number of ketones is 1. The number of aliphatic hydroxyl groups excluding tert-OH is 1. The Hall–Kier alpha value is -4.06. The van der Waals surface area contributed by atoms with Crippen molar-refractivity contribution in [3.8, 4) is 11.5 Å². The summed E-state index contributed by atoms with van der Waals surface area (Å²) in [6.45, 7) is 2.64. The van der Waals surface area contributed by atoms with Crippen LogP contribution in [-0.2, 0) is 29.0 Å². The summed E-state index contributed by atoms with van der Waals surface area (Å²) in [7, 11) is 1.59. The number of fused-ring (bicyclic) bond motifs is 1. The third-order valence-corrected chi connectivity index (χ3v) is 7.16. The first-order valence-corrected chi connectivity index (χ1v) is 12.8. The van der Waals surface area contributed by atoms with E-state index in [1.807, 2.05) is 61.5 Å². The SMILES string of the molecule is CCOc1cccc(CN2C(=O)C(=O)/C(=C(\O)c3ccc4c(c3)CCCC4)C2c2ccc(OC)cc2)c1. The van der Waals surface area contributed by atoms with Crippen molar-refractivity contribution in [3.05, 3.63) is 100 Å². The van der Waals surface area contributed by atoms with E-state index in [1.165, 1.54) is 16.0 Å². The first-order chi connectivity index (χ1) is 18.0. The second kappa shape index (κ2) is 10.5. The van der Waals surface area contributed by atoms with Gasteiger partial charge < -0.3 is 19.5 Å². The molecule has 1 aliphatic heterocycles. The van der Waals surface area contributed by atoms with E-state index in [2.05, 4.69) is 0 Å². The zero-order valence-corrected chi connectivity index (χ0v) is 21.2. The molecule has 5 rings (SSSR count). The van der Waals surface area contributed by atoms with E-state index in [0.29, 0.717) is 23.7 Å². The average molecular weight is 498 g/mol. The van der Waals surface area contributed by atoms with E-state index < -0.39 is 17.7 Å². The molecular weight excluding hydrogens is 466 g/mol. The molecule has 0 saturated carbocycles. The topological polar surface area (TPSA) is 76.1 Å². The Morgan fingerprint density at radius 2 is 1.70 bits per heavy atom. The molecule has 0 aromatic heterocycles. The lowest BCUT2D eigenvalue weighted by Gasteiger charge is -2.26. The van der Waals surface area contributed by atoms with Gasteiger partial charge in [-0.05, 0) is 85.2 Å². The van der Waals surface area contributed by atoms with E-state index in [4.69, 9.17) is 9.47 Å². The van der Waals surface area contributed by atoms with Crippen LogP contribution in [0.5, 0.6) is 11.5 Å². The Morgan fingerprint density at radius 1 is 0.946 bits per heavy atom. The molecule has 1 saturated heterocycles. The summed E-state index contributed by atoms with van der Waals surface area (Å²) in [5.74, 6) is -0.0938. The summed E-state index contributed by atoms with van der Waals surface area (Å²) < 4.78 is 10.9. The maximum Gasteiger partial charge on any atom is 0.295 e. The van der Waals surface area contributed by atoms with Gasteiger partial charge in [-0.2, -0.15) is 0 Å². The van der Waals surface area contributed by atoms with Crippen molar-refractivity contribution in [1.29, 1.82) is 0 Å². The minimum absolute atomic E-state index is 0.104. The van der Waals surface area contributed by atoms with Gasteiger partial charge in [0.05, 0.1) is 25.3 Å². The Balaban J connectivity index is 1.60. The lowest BCUT2D eigenvalue weighted by atomic mass is 9.88. The number of nitrogens with zero attached hydrogens (tertiary/aromatic N) is 1. The number of carbonyl (C=O) groups excluding carboxylic acids is 2. The highest BCUT2D eigenvalue weighted by Crippen LogP contribution is 2.41. The Labute approximate surface area is 217 Å². The number of hydrogen-bond donors (Lipinski definition) is 1. The predicted molar refractivity (Wildman–Crippen MR) is 142 cm³/mol. The monoisotopic (exact) mass is 497 g/mol. The van der Waals surface area contributed by atoms with Gasteiger partial charge in [0.25, 0.3) is 11.7 Å². The van der Waals surface area contributed by atoms with Crippen LogP contribution in [0.1, 0.15) is 53.6 Å². The van der Waals surface area contributed by atoms with E-state index in [9.17, 15) is 14.7 Å². The second-order valence-electron chi connectivity index (χ2n) is 9.47. The van der Waals surface area contributed by atoms with Crippen molar-refractivity contribution < 1.29 is 24.2 Å². The van der Waals surface area contributed by atoms with Gasteiger partial charge in [-0.1, -0.05) is 36.4 Å². The number of aliphatic hydroxyl groups is 1. The molecule has 6 heteroatoms. The zero-order valence-electron chi connectivity index (χ0n) is 21.2. The molecule has 1 fully saturated rings. The Morgan fingerprint density at radius 3 is 2.43 bits per heavy atom. The maximum atomic E-state index is 13.4. The van der Waals surface area contributed by atoms with Crippen LogP contribution in [0.25, 0.3) is 5.76 Å². The first kappa shape index (κ1) is 24.6. The molecule has 1 atom stereocenters. The highest BCUT2D eigenvalue weighted by Gasteiger charge is 2.46. The van der Waals surface area contributed by atoms with E-state index >= 15 is 0 Å². The minimum atomic E-state index is -0.738. The fraction of sp³-hybridized carbons (Fsp3) is 0.290. The zero-order chi connectivity index (χ0) is 25.9. The molecule has 1 amide bonds. The quantitative estimate of drug-likeness (QED) is 0.261. The molecule has 2 aliphatic rings. The number of carbonyl (C=O) groups is 2. The number of aryl methyl sites for hydroxylation is 2. The predicted octanol–water partition coefficient (Wildman–Crippen LogP) is 5.59. The molecule has 1 aliphatic carbocycles. The van der Waals surface area contributed by atoms with Crippen molar-refractivity contribution in [3.63, 3.8) is 0 Å². The number of ether oxygens (including phenoxy) is 2. The lowest BCUT2D eigenvalue weighted by molar-refractivity contribution is -0.140. The number of methoxy groups -OCH3 is 1. The number of amides is 1. The fourth-order valence-corrected chi connectivity index (χ4v) is 5.31. The van der Waals surface area contributed by atoms with Crippen molar-refractivity contribution in [1.82, 2.24) is 4.90 Å². The largest absolute Gasteiger partial charge is 0.507 e. The van der Waals surface area contributed by atoms with Crippen LogP contribution < -0.4 is 9.47 Å². The molecule has 3 aromatic rings. The number of hydrogen-bond acceptors (Lipinski definition) is 5. The summed E-state index contributed by atoms with van der Waals surface area (Å²) in [6, 6.07) is 19.9. The summed E-state index contributed by atoms with van der Waals surface area (Å²) >= 11 is 0. The van der Waals surface area contributed by atoms with Crippen LogP contribution in [0.3, 0.4) is 0 Å². The van der Waals surface area contributed by atoms with Gasteiger partial charge in [0, 0.05) is 12.1 Å². The van der Waals surface area contributed by atoms with Crippen LogP contribution in [0.4, 0.5) is 0 Å². The third-order valence-electron chi connectivity index (χ3n) is 7.16. The van der Waals surface area contributed by atoms with Gasteiger partial charge in [-0.25, -0.2) is 0 Å². The molecule has 190 valence electrons. The van der Waals surface area contributed by atoms with Crippen LogP contribution in [0.2, 0.25) is 0 Å². The molecule has 1 N–H and O–H groups in total. The molecule has 37 heavy (non-hydrogen) atoms. The fourth-order valence-electron chi connectivity index (χ4n) is 5.31. The van der Waals surface area contributed by atoms with E-state index in [0.717, 1.165) is 36.8 Å². The number of Topliss-reactive ketones (excluding diaryl/α,β-unsaturated/α-hetero) is 1. The van der Waals surface area contributed by atoms with Crippen LogP contribution in [-0.4, -0.2) is 35.4 Å². The van der Waals surface area contributed by atoms with E-state index in [1.54, 1.807) is 19.2 Å².